The number of carbonyl (C=O) groups is 2. The maximum atomic E-state index is 12.4. The topological polar surface area (TPSA) is 116 Å². The molecule has 8 nitrogen and oxygen atoms in total. The van der Waals surface area contributed by atoms with Crippen LogP contribution in [0.5, 0.6) is 0 Å². The van der Waals surface area contributed by atoms with Gasteiger partial charge in [-0.2, -0.15) is 5.10 Å². The Morgan fingerprint density at radius 1 is 1.11 bits per heavy atom. The number of primary amides is 1. The molecule has 3 heterocycles. The number of anilines is 1. The SMILES string of the molecule is NC(=O)c1cnc(NC(=O)c2cnc3c(cnn3Cc3ccccc3)c2)s1. The molecule has 0 atom stereocenters. The normalized spacial score (nSPS) is 10.8. The van der Waals surface area contributed by atoms with E-state index in [-0.39, 0.29) is 10.8 Å². The summed E-state index contributed by atoms with van der Waals surface area (Å²) in [6, 6.07) is 11.7. The van der Waals surface area contributed by atoms with Crippen molar-refractivity contribution in [3.63, 3.8) is 0 Å². The van der Waals surface area contributed by atoms with E-state index in [1.165, 1.54) is 12.4 Å². The first-order valence-electron chi connectivity index (χ1n) is 8.02. The van der Waals surface area contributed by atoms with Crippen LogP contribution in [0, 0.1) is 0 Å². The van der Waals surface area contributed by atoms with E-state index in [4.69, 9.17) is 5.73 Å². The number of hydrogen-bond donors (Lipinski definition) is 2. The minimum Gasteiger partial charge on any atom is -0.365 e. The molecule has 0 aliphatic carbocycles. The fraction of sp³-hybridized carbons (Fsp3) is 0.0556. The number of hydrogen-bond acceptors (Lipinski definition) is 6. The van der Waals surface area contributed by atoms with Gasteiger partial charge in [0.1, 0.15) is 4.88 Å². The van der Waals surface area contributed by atoms with E-state index >= 15 is 0 Å². The third-order valence-electron chi connectivity index (χ3n) is 3.88. The van der Waals surface area contributed by atoms with Crippen LogP contribution in [0.15, 0.2) is 55.0 Å². The summed E-state index contributed by atoms with van der Waals surface area (Å²) in [4.78, 5) is 32.1. The molecule has 3 aromatic heterocycles. The van der Waals surface area contributed by atoms with Gasteiger partial charge in [-0.25, -0.2) is 14.6 Å². The Morgan fingerprint density at radius 2 is 1.93 bits per heavy atom. The lowest BCUT2D eigenvalue weighted by Gasteiger charge is -2.04. The fourth-order valence-electron chi connectivity index (χ4n) is 2.58. The average molecular weight is 378 g/mol. The molecule has 27 heavy (non-hydrogen) atoms. The van der Waals surface area contributed by atoms with E-state index < -0.39 is 5.91 Å². The molecule has 3 N–H and O–H groups in total. The number of pyridine rings is 1. The standard InChI is InChI=1S/C18H14N6O2S/c19-15(25)14-9-21-18(27-14)23-17(26)13-6-12-8-22-24(16(12)20-7-13)10-11-4-2-1-3-5-11/h1-9H,10H2,(H2,19,25)(H,21,23,26). The zero-order chi connectivity index (χ0) is 18.8. The number of nitrogens with two attached hydrogens (primary N) is 1. The first-order valence-corrected chi connectivity index (χ1v) is 8.84. The minimum absolute atomic E-state index is 0.279. The molecular formula is C18H14N6O2S. The summed E-state index contributed by atoms with van der Waals surface area (Å²) in [5.74, 6) is -0.951. The summed E-state index contributed by atoms with van der Waals surface area (Å²) in [6.45, 7) is 0.595. The average Bonchev–Trinajstić information content (AvgIpc) is 3.30. The Kier molecular flexibility index (Phi) is 4.35. The van der Waals surface area contributed by atoms with Crippen LogP contribution in [0.2, 0.25) is 0 Å². The number of nitrogens with one attached hydrogen (secondary N) is 1. The summed E-state index contributed by atoms with van der Waals surface area (Å²) in [7, 11) is 0. The molecule has 1 aromatic carbocycles. The van der Waals surface area contributed by atoms with E-state index in [1.807, 2.05) is 30.3 Å². The number of rotatable bonds is 5. The molecule has 0 radical (unpaired) electrons. The molecule has 4 aromatic rings. The van der Waals surface area contributed by atoms with Crippen LogP contribution in [0.4, 0.5) is 5.13 Å². The van der Waals surface area contributed by atoms with Gasteiger partial charge in [0.2, 0.25) is 0 Å². The highest BCUT2D eigenvalue weighted by Gasteiger charge is 2.14. The largest absolute Gasteiger partial charge is 0.365 e. The molecule has 2 amide bonds. The second-order valence-electron chi connectivity index (χ2n) is 5.77. The Hall–Kier alpha value is -3.59. The Balaban J connectivity index is 1.54. The zero-order valence-electron chi connectivity index (χ0n) is 14.0. The number of thiazole rings is 1. The summed E-state index contributed by atoms with van der Waals surface area (Å²) >= 11 is 1.02. The van der Waals surface area contributed by atoms with E-state index in [9.17, 15) is 9.59 Å². The van der Waals surface area contributed by atoms with E-state index in [2.05, 4.69) is 20.4 Å². The summed E-state index contributed by atoms with van der Waals surface area (Å²) in [5.41, 5.74) is 7.37. The summed E-state index contributed by atoms with van der Waals surface area (Å²) in [5, 5.41) is 8.06. The maximum absolute atomic E-state index is 12.4. The molecule has 134 valence electrons. The van der Waals surface area contributed by atoms with Gasteiger partial charge in [0.05, 0.1) is 24.5 Å². The van der Waals surface area contributed by atoms with Gasteiger partial charge in [0, 0.05) is 11.6 Å². The predicted molar refractivity (Wildman–Crippen MR) is 102 cm³/mol. The van der Waals surface area contributed by atoms with Crippen LogP contribution in [-0.4, -0.2) is 31.6 Å². The molecule has 0 saturated carbocycles. The van der Waals surface area contributed by atoms with Crippen molar-refractivity contribution in [3.05, 3.63) is 71.0 Å². The van der Waals surface area contributed by atoms with Gasteiger partial charge >= 0.3 is 0 Å². The first-order chi connectivity index (χ1) is 13.1. The van der Waals surface area contributed by atoms with Crippen molar-refractivity contribution in [1.82, 2.24) is 19.7 Å². The van der Waals surface area contributed by atoms with Gasteiger partial charge in [0.15, 0.2) is 10.8 Å². The van der Waals surface area contributed by atoms with Crippen molar-refractivity contribution in [1.29, 1.82) is 0 Å². The number of amides is 2. The first kappa shape index (κ1) is 16.9. The maximum Gasteiger partial charge on any atom is 0.260 e. The van der Waals surface area contributed by atoms with Crippen LogP contribution < -0.4 is 11.1 Å². The van der Waals surface area contributed by atoms with Crippen LogP contribution in [0.3, 0.4) is 0 Å². The highest BCUT2D eigenvalue weighted by molar-refractivity contribution is 7.17. The van der Waals surface area contributed by atoms with E-state index in [0.717, 1.165) is 22.3 Å². The van der Waals surface area contributed by atoms with Gasteiger partial charge in [0.25, 0.3) is 11.8 Å². The van der Waals surface area contributed by atoms with Crippen LogP contribution in [0.25, 0.3) is 11.0 Å². The molecule has 9 heteroatoms. The molecule has 0 aliphatic heterocycles. The van der Waals surface area contributed by atoms with Crippen LogP contribution in [-0.2, 0) is 6.54 Å². The molecule has 0 fully saturated rings. The molecule has 0 bridgehead atoms. The van der Waals surface area contributed by atoms with E-state index in [0.29, 0.717) is 22.9 Å². The van der Waals surface area contributed by atoms with Crippen molar-refractivity contribution in [2.24, 2.45) is 5.73 Å². The van der Waals surface area contributed by atoms with Gasteiger partial charge < -0.3 is 5.73 Å². The van der Waals surface area contributed by atoms with Gasteiger partial charge in [-0.15, -0.1) is 0 Å². The third-order valence-corrected chi connectivity index (χ3v) is 4.81. The second kappa shape index (κ2) is 6.96. The summed E-state index contributed by atoms with van der Waals surface area (Å²) < 4.78 is 1.78. The lowest BCUT2D eigenvalue weighted by molar-refractivity contribution is 0.100. The molecular weight excluding hydrogens is 364 g/mol. The molecule has 0 unspecified atom stereocenters. The predicted octanol–water partition coefficient (Wildman–Crippen LogP) is 2.29. The lowest BCUT2D eigenvalue weighted by Crippen LogP contribution is -2.12. The smallest absolute Gasteiger partial charge is 0.260 e. The van der Waals surface area contributed by atoms with Crippen molar-refractivity contribution in [3.8, 4) is 0 Å². The highest BCUT2D eigenvalue weighted by Crippen LogP contribution is 2.19. The van der Waals surface area contributed by atoms with E-state index in [1.54, 1.807) is 16.9 Å². The quantitative estimate of drug-likeness (QED) is 0.553. The zero-order valence-corrected chi connectivity index (χ0v) is 14.8. The number of nitrogens with zero attached hydrogens (tertiary/aromatic N) is 4. The second-order valence-corrected chi connectivity index (χ2v) is 6.80. The van der Waals surface area contributed by atoms with Gasteiger partial charge in [-0.3, -0.25) is 14.9 Å². The Morgan fingerprint density at radius 3 is 2.67 bits per heavy atom. The highest BCUT2D eigenvalue weighted by atomic mass is 32.1. The molecule has 0 spiro atoms. The lowest BCUT2D eigenvalue weighted by atomic mass is 10.2. The molecule has 4 rings (SSSR count). The molecule has 0 aliphatic rings. The van der Waals surface area contributed by atoms with Crippen LogP contribution in [0.1, 0.15) is 25.6 Å². The van der Waals surface area contributed by atoms with Gasteiger partial charge in [-0.05, 0) is 11.6 Å². The Labute approximate surface area is 157 Å². The Bertz CT molecular complexity index is 1140. The third kappa shape index (κ3) is 3.53. The molecule has 0 saturated heterocycles. The fourth-order valence-corrected chi connectivity index (χ4v) is 3.25. The summed E-state index contributed by atoms with van der Waals surface area (Å²) in [6.07, 6.45) is 4.50. The number of aromatic nitrogens is 4. The van der Waals surface area contributed by atoms with Crippen LogP contribution >= 0.6 is 11.3 Å². The van der Waals surface area contributed by atoms with Crippen molar-refractivity contribution < 1.29 is 9.59 Å². The number of carbonyl (C=O) groups excluding carboxylic acids is 2. The number of benzene rings is 1. The van der Waals surface area contributed by atoms with Crippen molar-refractivity contribution in [2.45, 2.75) is 6.54 Å². The monoisotopic (exact) mass is 378 g/mol. The van der Waals surface area contributed by atoms with Crippen molar-refractivity contribution >= 4 is 39.3 Å². The minimum atomic E-state index is -0.582. The van der Waals surface area contributed by atoms with Crippen molar-refractivity contribution in [2.75, 3.05) is 5.32 Å². The number of fused-ring (bicyclic) bond motifs is 1. The van der Waals surface area contributed by atoms with Gasteiger partial charge in [-0.1, -0.05) is 41.7 Å².